The Labute approximate surface area is 95.6 Å². The van der Waals surface area contributed by atoms with Gasteiger partial charge < -0.3 is 14.6 Å². The van der Waals surface area contributed by atoms with Crippen LogP contribution in [0.5, 0.6) is 0 Å². The van der Waals surface area contributed by atoms with Crippen LogP contribution in [-0.2, 0) is 11.3 Å². The summed E-state index contributed by atoms with van der Waals surface area (Å²) in [6.07, 6.45) is 2.66. The number of aryl methyl sites for hydroxylation is 1. The van der Waals surface area contributed by atoms with Crippen molar-refractivity contribution in [1.82, 2.24) is 15.5 Å². The van der Waals surface area contributed by atoms with Crippen LogP contribution in [-0.4, -0.2) is 29.4 Å². The molecule has 1 aromatic rings. The molecular weight excluding hydrogens is 206 g/mol. The maximum absolute atomic E-state index is 5.63. The zero-order chi connectivity index (χ0) is 11.4. The third-order valence-corrected chi connectivity index (χ3v) is 3.01. The maximum Gasteiger partial charge on any atom is 0.223 e. The van der Waals surface area contributed by atoms with E-state index in [1.54, 1.807) is 6.92 Å². The normalized spacial score (nSPS) is 25.1. The summed E-state index contributed by atoms with van der Waals surface area (Å²) in [7, 11) is 0. The quantitative estimate of drug-likeness (QED) is 0.818. The molecule has 1 aliphatic rings. The van der Waals surface area contributed by atoms with Gasteiger partial charge in [0, 0.05) is 20.1 Å². The van der Waals surface area contributed by atoms with Crippen molar-refractivity contribution < 1.29 is 9.26 Å². The van der Waals surface area contributed by atoms with Crippen molar-refractivity contribution in [2.45, 2.75) is 39.3 Å². The molecule has 5 heteroatoms. The van der Waals surface area contributed by atoms with E-state index in [2.05, 4.69) is 22.4 Å². The highest BCUT2D eigenvalue weighted by molar-refractivity contribution is 4.84. The summed E-state index contributed by atoms with van der Waals surface area (Å²) in [6, 6.07) is 0. The molecule has 2 atom stereocenters. The standard InChI is InChI=1S/C11H19N3O2/c1-3-10-9(4-5-15-10)6-12-7-11-13-8(2)16-14-11/h9-10,12H,3-7H2,1-2H3. The van der Waals surface area contributed by atoms with Gasteiger partial charge in [-0.05, 0) is 18.8 Å². The molecule has 0 aromatic carbocycles. The van der Waals surface area contributed by atoms with E-state index in [0.29, 0.717) is 24.5 Å². The first-order valence-corrected chi connectivity index (χ1v) is 5.91. The topological polar surface area (TPSA) is 60.2 Å². The van der Waals surface area contributed by atoms with Crippen LogP contribution in [0.15, 0.2) is 4.52 Å². The van der Waals surface area contributed by atoms with E-state index in [1.165, 1.54) is 0 Å². The summed E-state index contributed by atoms with van der Waals surface area (Å²) in [4.78, 5) is 4.14. The summed E-state index contributed by atoms with van der Waals surface area (Å²) >= 11 is 0. The van der Waals surface area contributed by atoms with Crippen molar-refractivity contribution in [2.24, 2.45) is 5.92 Å². The smallest absolute Gasteiger partial charge is 0.223 e. The van der Waals surface area contributed by atoms with E-state index < -0.39 is 0 Å². The number of ether oxygens (including phenoxy) is 1. The predicted molar refractivity (Wildman–Crippen MR) is 58.9 cm³/mol. The zero-order valence-corrected chi connectivity index (χ0v) is 9.90. The average Bonchev–Trinajstić information content (AvgIpc) is 2.87. The molecule has 2 rings (SSSR count). The van der Waals surface area contributed by atoms with Crippen LogP contribution in [0.4, 0.5) is 0 Å². The van der Waals surface area contributed by atoms with Crippen molar-refractivity contribution >= 4 is 0 Å². The molecule has 2 unspecified atom stereocenters. The van der Waals surface area contributed by atoms with Crippen molar-refractivity contribution in [3.05, 3.63) is 11.7 Å². The van der Waals surface area contributed by atoms with Crippen LogP contribution in [0.1, 0.15) is 31.5 Å². The summed E-state index contributed by atoms with van der Waals surface area (Å²) in [5.74, 6) is 1.97. The molecule has 5 nitrogen and oxygen atoms in total. The molecule has 1 aliphatic heterocycles. The number of nitrogens with zero attached hydrogens (tertiary/aromatic N) is 2. The van der Waals surface area contributed by atoms with Gasteiger partial charge >= 0.3 is 0 Å². The van der Waals surface area contributed by atoms with Gasteiger partial charge in [0.2, 0.25) is 5.89 Å². The fraction of sp³-hybridized carbons (Fsp3) is 0.818. The molecule has 1 fully saturated rings. The van der Waals surface area contributed by atoms with Crippen LogP contribution in [0.3, 0.4) is 0 Å². The van der Waals surface area contributed by atoms with Crippen LogP contribution >= 0.6 is 0 Å². The van der Waals surface area contributed by atoms with E-state index in [1.807, 2.05) is 0 Å². The lowest BCUT2D eigenvalue weighted by molar-refractivity contribution is 0.0872. The van der Waals surface area contributed by atoms with E-state index in [9.17, 15) is 0 Å². The molecule has 1 saturated heterocycles. The van der Waals surface area contributed by atoms with Gasteiger partial charge in [-0.25, -0.2) is 0 Å². The predicted octanol–water partition coefficient (Wildman–Crippen LogP) is 1.28. The van der Waals surface area contributed by atoms with Gasteiger partial charge in [-0.1, -0.05) is 12.1 Å². The fourth-order valence-electron chi connectivity index (χ4n) is 2.16. The van der Waals surface area contributed by atoms with Gasteiger partial charge in [0.25, 0.3) is 0 Å². The van der Waals surface area contributed by atoms with Crippen LogP contribution in [0.25, 0.3) is 0 Å². The molecule has 0 aliphatic carbocycles. The summed E-state index contributed by atoms with van der Waals surface area (Å²) < 4.78 is 10.5. The zero-order valence-electron chi connectivity index (χ0n) is 9.90. The minimum Gasteiger partial charge on any atom is -0.378 e. The second kappa shape index (κ2) is 5.41. The minimum absolute atomic E-state index is 0.416. The lowest BCUT2D eigenvalue weighted by Crippen LogP contribution is -2.28. The van der Waals surface area contributed by atoms with Crippen LogP contribution in [0.2, 0.25) is 0 Å². The molecule has 0 radical (unpaired) electrons. The SMILES string of the molecule is CCC1OCCC1CNCc1noc(C)n1. The molecule has 0 spiro atoms. The number of rotatable bonds is 5. The maximum atomic E-state index is 5.63. The highest BCUT2D eigenvalue weighted by atomic mass is 16.5. The Balaban J connectivity index is 1.71. The first-order chi connectivity index (χ1) is 7.79. The highest BCUT2D eigenvalue weighted by Crippen LogP contribution is 2.22. The highest BCUT2D eigenvalue weighted by Gasteiger charge is 2.26. The van der Waals surface area contributed by atoms with E-state index in [4.69, 9.17) is 9.26 Å². The molecule has 1 N–H and O–H groups in total. The second-order valence-electron chi connectivity index (χ2n) is 4.23. The molecule has 2 heterocycles. The van der Waals surface area contributed by atoms with Crippen LogP contribution in [0, 0.1) is 12.8 Å². The molecule has 0 amide bonds. The van der Waals surface area contributed by atoms with Crippen molar-refractivity contribution in [1.29, 1.82) is 0 Å². The molecule has 16 heavy (non-hydrogen) atoms. The van der Waals surface area contributed by atoms with Crippen molar-refractivity contribution in [2.75, 3.05) is 13.2 Å². The van der Waals surface area contributed by atoms with Gasteiger partial charge in [-0.15, -0.1) is 0 Å². The first-order valence-electron chi connectivity index (χ1n) is 5.91. The summed E-state index contributed by atoms with van der Waals surface area (Å²) in [5.41, 5.74) is 0. The summed E-state index contributed by atoms with van der Waals surface area (Å²) in [5, 5.41) is 7.20. The lowest BCUT2D eigenvalue weighted by atomic mass is 10.00. The number of hydrogen-bond donors (Lipinski definition) is 1. The second-order valence-corrected chi connectivity index (χ2v) is 4.23. The largest absolute Gasteiger partial charge is 0.378 e. The Kier molecular flexibility index (Phi) is 3.90. The Morgan fingerprint density at radius 1 is 1.50 bits per heavy atom. The van der Waals surface area contributed by atoms with Crippen molar-refractivity contribution in [3.8, 4) is 0 Å². The average molecular weight is 225 g/mol. The number of aromatic nitrogens is 2. The number of nitrogens with one attached hydrogen (secondary N) is 1. The molecule has 90 valence electrons. The summed E-state index contributed by atoms with van der Waals surface area (Å²) in [6.45, 7) is 6.50. The Morgan fingerprint density at radius 3 is 3.06 bits per heavy atom. The van der Waals surface area contributed by atoms with Gasteiger partial charge in [-0.3, -0.25) is 0 Å². The van der Waals surface area contributed by atoms with E-state index in [0.717, 1.165) is 31.8 Å². The van der Waals surface area contributed by atoms with Gasteiger partial charge in [-0.2, -0.15) is 4.98 Å². The molecule has 0 saturated carbocycles. The Hall–Kier alpha value is -0.940. The monoisotopic (exact) mass is 225 g/mol. The van der Waals surface area contributed by atoms with Crippen molar-refractivity contribution in [3.63, 3.8) is 0 Å². The number of hydrogen-bond acceptors (Lipinski definition) is 5. The molecular formula is C11H19N3O2. The van der Waals surface area contributed by atoms with Gasteiger partial charge in [0.1, 0.15) is 0 Å². The van der Waals surface area contributed by atoms with E-state index in [-0.39, 0.29) is 0 Å². The van der Waals surface area contributed by atoms with Crippen LogP contribution < -0.4 is 5.32 Å². The fourth-order valence-corrected chi connectivity index (χ4v) is 2.16. The third-order valence-electron chi connectivity index (χ3n) is 3.01. The minimum atomic E-state index is 0.416. The Morgan fingerprint density at radius 2 is 2.38 bits per heavy atom. The van der Waals surface area contributed by atoms with E-state index >= 15 is 0 Å². The third kappa shape index (κ3) is 2.80. The lowest BCUT2D eigenvalue weighted by Gasteiger charge is -2.16. The first kappa shape index (κ1) is 11.5. The Bertz CT molecular complexity index is 327. The van der Waals surface area contributed by atoms with Gasteiger partial charge in [0.15, 0.2) is 5.82 Å². The van der Waals surface area contributed by atoms with Gasteiger partial charge in [0.05, 0.1) is 12.6 Å². The molecule has 0 bridgehead atoms. The molecule has 1 aromatic heterocycles.